The van der Waals surface area contributed by atoms with Gasteiger partial charge in [-0.15, -0.1) is 0 Å². The highest BCUT2D eigenvalue weighted by Gasteiger charge is 2.17. The molecule has 0 aliphatic carbocycles. The lowest BCUT2D eigenvalue weighted by atomic mass is 10.2. The van der Waals surface area contributed by atoms with Crippen molar-refractivity contribution in [2.75, 3.05) is 6.54 Å². The Balaban J connectivity index is 5.08. The third kappa shape index (κ3) is 8.67. The molecule has 0 heterocycles. The number of rotatable bonds is 9. The van der Waals surface area contributed by atoms with Crippen molar-refractivity contribution in [3.05, 3.63) is 73.0 Å². The van der Waals surface area contributed by atoms with Gasteiger partial charge in [-0.05, 0) is 44.9 Å². The van der Waals surface area contributed by atoms with E-state index in [9.17, 15) is 4.79 Å². The molecule has 0 spiro atoms. The van der Waals surface area contributed by atoms with Crippen LogP contribution in [0.25, 0.3) is 0 Å². The summed E-state index contributed by atoms with van der Waals surface area (Å²) in [5.41, 5.74) is 1.75. The van der Waals surface area contributed by atoms with Crippen molar-refractivity contribution in [2.24, 2.45) is 0 Å². The third-order valence-electron chi connectivity index (χ3n) is 3.17. The fraction of sp³-hybridized carbons (Fsp3) is 0.350. The third-order valence-corrected chi connectivity index (χ3v) is 3.17. The van der Waals surface area contributed by atoms with Crippen LogP contribution in [0.15, 0.2) is 73.0 Å². The summed E-state index contributed by atoms with van der Waals surface area (Å²) in [6.07, 6.45) is 15.9. The first-order valence-electron chi connectivity index (χ1n) is 8.01. The molecule has 0 saturated carbocycles. The van der Waals surface area contributed by atoms with Gasteiger partial charge in [-0.3, -0.25) is 0 Å². The van der Waals surface area contributed by atoms with Gasteiger partial charge < -0.3 is 10.2 Å². The molecule has 0 atom stereocenters. The number of nitrogens with zero attached hydrogens (tertiary/aromatic N) is 1. The second-order valence-electron chi connectivity index (χ2n) is 5.27. The number of urea groups is 1. The molecule has 0 aliphatic rings. The van der Waals surface area contributed by atoms with Crippen molar-refractivity contribution in [1.29, 1.82) is 0 Å². The van der Waals surface area contributed by atoms with E-state index in [1.54, 1.807) is 17.1 Å². The Kier molecular flexibility index (Phi) is 11.1. The molecule has 0 aromatic rings. The molecule has 23 heavy (non-hydrogen) atoms. The van der Waals surface area contributed by atoms with Crippen LogP contribution in [-0.2, 0) is 0 Å². The molecular weight excluding hydrogens is 284 g/mol. The van der Waals surface area contributed by atoms with E-state index in [0.717, 1.165) is 12.0 Å². The molecule has 0 aromatic carbocycles. The first kappa shape index (κ1) is 20.7. The molecule has 2 amide bonds. The van der Waals surface area contributed by atoms with Crippen molar-refractivity contribution in [2.45, 2.75) is 40.2 Å². The monoisotopic (exact) mass is 314 g/mol. The molecule has 0 fully saturated rings. The molecule has 1 N–H and O–H groups in total. The second-order valence-corrected chi connectivity index (χ2v) is 5.27. The molecule has 0 rings (SSSR count). The Bertz CT molecular complexity index is 508. The SMILES string of the molecule is C=C/C=C\C(=C/C)CN(C(=O)N/C(C=C)=C/C=C\CC)C(C)C. The first-order valence-corrected chi connectivity index (χ1v) is 8.01. The van der Waals surface area contributed by atoms with Crippen molar-refractivity contribution in [3.8, 4) is 0 Å². The van der Waals surface area contributed by atoms with Crippen molar-refractivity contribution in [3.63, 3.8) is 0 Å². The predicted molar refractivity (Wildman–Crippen MR) is 101 cm³/mol. The van der Waals surface area contributed by atoms with Crippen LogP contribution in [0.3, 0.4) is 0 Å². The van der Waals surface area contributed by atoms with Crippen LogP contribution in [-0.4, -0.2) is 23.5 Å². The molecule has 3 heteroatoms. The lowest BCUT2D eigenvalue weighted by Crippen LogP contribution is -2.44. The average molecular weight is 314 g/mol. The highest BCUT2D eigenvalue weighted by Crippen LogP contribution is 2.08. The summed E-state index contributed by atoms with van der Waals surface area (Å²) in [5, 5.41) is 2.90. The standard InChI is InChI=1S/C20H30N2O/c1-7-11-13-15-19(10-4)21-20(23)22(17(5)6)16-18(9-3)14-12-8-2/h8-15,17H,2,4,7,16H2,1,3,5-6H3,(H,21,23)/b13-11-,14-12-,18-9+,19-15+. The predicted octanol–water partition coefficient (Wildman–Crippen LogP) is 5.13. The van der Waals surface area contributed by atoms with E-state index in [2.05, 4.69) is 25.4 Å². The normalized spacial score (nSPS) is 12.9. The zero-order valence-electron chi connectivity index (χ0n) is 14.9. The van der Waals surface area contributed by atoms with Crippen LogP contribution in [0.5, 0.6) is 0 Å². The summed E-state index contributed by atoms with van der Waals surface area (Å²) in [7, 11) is 0. The maximum Gasteiger partial charge on any atom is 0.322 e. The van der Waals surface area contributed by atoms with Gasteiger partial charge in [0.05, 0.1) is 0 Å². The van der Waals surface area contributed by atoms with Crippen molar-refractivity contribution >= 4 is 6.03 Å². The maximum absolute atomic E-state index is 12.5. The lowest BCUT2D eigenvalue weighted by Gasteiger charge is -2.27. The van der Waals surface area contributed by atoms with Crippen LogP contribution in [0.1, 0.15) is 34.1 Å². The Morgan fingerprint density at radius 1 is 1.26 bits per heavy atom. The van der Waals surface area contributed by atoms with E-state index in [1.807, 2.05) is 57.2 Å². The number of hydrogen-bond acceptors (Lipinski definition) is 1. The van der Waals surface area contributed by atoms with Crippen LogP contribution in [0.4, 0.5) is 4.79 Å². The second kappa shape index (κ2) is 12.3. The molecular formula is C20H30N2O. The Hall–Kier alpha value is -2.29. The zero-order chi connectivity index (χ0) is 17.7. The molecule has 0 unspecified atom stereocenters. The van der Waals surface area contributed by atoms with Crippen molar-refractivity contribution in [1.82, 2.24) is 10.2 Å². The lowest BCUT2D eigenvalue weighted by molar-refractivity contribution is 0.192. The first-order chi connectivity index (χ1) is 11.0. The minimum absolute atomic E-state index is 0.0827. The average Bonchev–Trinajstić information content (AvgIpc) is 2.53. The van der Waals surface area contributed by atoms with Crippen LogP contribution < -0.4 is 5.32 Å². The fourth-order valence-corrected chi connectivity index (χ4v) is 1.78. The molecule has 0 radical (unpaired) electrons. The molecule has 126 valence electrons. The van der Waals surface area contributed by atoms with E-state index in [4.69, 9.17) is 0 Å². The topological polar surface area (TPSA) is 32.3 Å². The summed E-state index contributed by atoms with van der Waals surface area (Å²) < 4.78 is 0. The largest absolute Gasteiger partial charge is 0.322 e. The van der Waals surface area contributed by atoms with Crippen LogP contribution in [0.2, 0.25) is 0 Å². The molecule has 0 aromatic heterocycles. The van der Waals surface area contributed by atoms with Gasteiger partial charge in [-0.2, -0.15) is 0 Å². The number of amides is 2. The van der Waals surface area contributed by atoms with E-state index < -0.39 is 0 Å². The summed E-state index contributed by atoms with van der Waals surface area (Å²) in [6.45, 7) is 16.0. The van der Waals surface area contributed by atoms with Gasteiger partial charge in [0, 0.05) is 18.3 Å². The highest BCUT2D eigenvalue weighted by atomic mass is 16.2. The summed E-state index contributed by atoms with van der Waals surface area (Å²) in [5.74, 6) is 0. The number of carbonyl (C=O) groups is 1. The van der Waals surface area contributed by atoms with Crippen molar-refractivity contribution < 1.29 is 4.79 Å². The Morgan fingerprint density at radius 3 is 2.43 bits per heavy atom. The minimum Gasteiger partial charge on any atom is -0.318 e. The Morgan fingerprint density at radius 2 is 1.96 bits per heavy atom. The van der Waals surface area contributed by atoms with E-state index in [0.29, 0.717) is 12.2 Å². The number of carbonyl (C=O) groups excluding carboxylic acids is 1. The van der Waals surface area contributed by atoms with Gasteiger partial charge in [-0.25, -0.2) is 4.79 Å². The van der Waals surface area contributed by atoms with E-state index in [1.165, 1.54) is 0 Å². The summed E-state index contributed by atoms with van der Waals surface area (Å²) in [6, 6.07) is -0.0540. The Labute approximate surface area is 141 Å². The molecule has 0 saturated heterocycles. The van der Waals surface area contributed by atoms with Gasteiger partial charge in [0.25, 0.3) is 0 Å². The van der Waals surface area contributed by atoms with Gasteiger partial charge in [0.15, 0.2) is 0 Å². The van der Waals surface area contributed by atoms with Gasteiger partial charge >= 0.3 is 6.03 Å². The van der Waals surface area contributed by atoms with Crippen LogP contribution >= 0.6 is 0 Å². The molecule has 0 aliphatic heterocycles. The number of allylic oxidation sites excluding steroid dienone is 7. The van der Waals surface area contributed by atoms with Gasteiger partial charge in [0.2, 0.25) is 0 Å². The number of nitrogens with one attached hydrogen (secondary N) is 1. The van der Waals surface area contributed by atoms with Gasteiger partial charge in [-0.1, -0.05) is 56.5 Å². The minimum atomic E-state index is -0.137. The molecule has 0 bridgehead atoms. The fourth-order valence-electron chi connectivity index (χ4n) is 1.78. The molecule has 3 nitrogen and oxygen atoms in total. The smallest absolute Gasteiger partial charge is 0.318 e. The maximum atomic E-state index is 12.5. The summed E-state index contributed by atoms with van der Waals surface area (Å²) >= 11 is 0. The zero-order valence-corrected chi connectivity index (χ0v) is 14.9. The van der Waals surface area contributed by atoms with Gasteiger partial charge in [0.1, 0.15) is 0 Å². The van der Waals surface area contributed by atoms with E-state index >= 15 is 0 Å². The number of hydrogen-bond donors (Lipinski definition) is 1. The van der Waals surface area contributed by atoms with E-state index in [-0.39, 0.29) is 12.1 Å². The quantitative estimate of drug-likeness (QED) is 0.588. The highest BCUT2D eigenvalue weighted by molar-refractivity contribution is 5.77. The van der Waals surface area contributed by atoms with Crippen LogP contribution in [0, 0.1) is 0 Å². The summed E-state index contributed by atoms with van der Waals surface area (Å²) in [4.78, 5) is 14.3.